The van der Waals surface area contributed by atoms with Gasteiger partial charge in [-0.3, -0.25) is 0 Å². The van der Waals surface area contributed by atoms with Crippen LogP contribution < -0.4 is 0 Å². The quantitative estimate of drug-likeness (QED) is 0.565. The molecule has 0 heterocycles. The van der Waals surface area contributed by atoms with Crippen LogP contribution in [0.1, 0.15) is 24.0 Å². The molecule has 0 amide bonds. The normalized spacial score (nSPS) is 18.8. The first-order valence-corrected chi connectivity index (χ1v) is 5.62. The molecule has 16 heavy (non-hydrogen) atoms. The Balaban J connectivity index is 2.15. The Morgan fingerprint density at radius 3 is 2.88 bits per heavy atom. The van der Waals surface area contributed by atoms with Gasteiger partial charge in [-0.25, -0.2) is 0 Å². The van der Waals surface area contributed by atoms with Gasteiger partial charge in [-0.1, -0.05) is 54.3 Å². The molecule has 0 aliphatic heterocycles. The second kappa shape index (κ2) is 3.87. The van der Waals surface area contributed by atoms with Crippen molar-refractivity contribution in [2.24, 2.45) is 0 Å². The number of rotatable bonds is 0. The van der Waals surface area contributed by atoms with Crippen LogP contribution in [0.3, 0.4) is 0 Å². The summed E-state index contributed by atoms with van der Waals surface area (Å²) in [6.45, 7) is 0. The fourth-order valence-corrected chi connectivity index (χ4v) is 2.06. The van der Waals surface area contributed by atoms with Gasteiger partial charge in [-0.05, 0) is 30.0 Å². The van der Waals surface area contributed by atoms with Crippen molar-refractivity contribution < 1.29 is 0 Å². The molecular weight excluding hydrogens is 192 g/mol. The molecule has 0 saturated carbocycles. The van der Waals surface area contributed by atoms with Gasteiger partial charge in [-0.2, -0.15) is 0 Å². The highest BCUT2D eigenvalue weighted by atomic mass is 14.1. The Bertz CT molecular complexity index is 572. The van der Waals surface area contributed by atoms with Crippen molar-refractivity contribution in [1.29, 1.82) is 0 Å². The van der Waals surface area contributed by atoms with Gasteiger partial charge in [0.1, 0.15) is 0 Å². The third-order valence-corrected chi connectivity index (χ3v) is 2.97. The van der Waals surface area contributed by atoms with E-state index in [1.165, 1.54) is 16.7 Å². The van der Waals surface area contributed by atoms with E-state index in [4.69, 9.17) is 0 Å². The first-order valence-electron chi connectivity index (χ1n) is 5.62. The molecule has 1 aromatic carbocycles. The summed E-state index contributed by atoms with van der Waals surface area (Å²) in [7, 11) is 0. The molecule has 0 fully saturated rings. The van der Waals surface area contributed by atoms with Gasteiger partial charge in [0.25, 0.3) is 0 Å². The van der Waals surface area contributed by atoms with E-state index in [0.29, 0.717) is 0 Å². The maximum atomic E-state index is 3.27. The second-order valence-corrected chi connectivity index (χ2v) is 4.05. The Morgan fingerprint density at radius 1 is 0.938 bits per heavy atom. The summed E-state index contributed by atoms with van der Waals surface area (Å²) in [6, 6.07) is 8.28. The smallest absolute Gasteiger partial charge is 0.0321 e. The van der Waals surface area contributed by atoms with E-state index in [1.807, 2.05) is 6.07 Å². The van der Waals surface area contributed by atoms with Crippen molar-refractivity contribution in [2.45, 2.75) is 12.8 Å². The van der Waals surface area contributed by atoms with E-state index >= 15 is 0 Å². The summed E-state index contributed by atoms with van der Waals surface area (Å²) in [6.07, 6.45) is 11.0. The Labute approximate surface area is 96.0 Å². The van der Waals surface area contributed by atoms with E-state index in [1.54, 1.807) is 0 Å². The first kappa shape index (κ1) is 9.24. The standard InChI is InChI=1S/C16H12/c1-2-6-14-11-12-16-8-4-3-7-15(16)10-9-13(14)5-1/h1-3,5-7,11-12H,4,8H2/b12-11-,14-11?,16-12?. The van der Waals surface area contributed by atoms with Crippen LogP contribution in [0.5, 0.6) is 0 Å². The largest absolute Gasteiger partial charge is 0.0830 e. The van der Waals surface area contributed by atoms with Crippen LogP contribution in [0.15, 0.2) is 53.6 Å². The molecule has 1 aromatic rings. The maximum absolute atomic E-state index is 3.27. The lowest BCUT2D eigenvalue weighted by Gasteiger charge is -2.10. The molecule has 2 aliphatic carbocycles. The monoisotopic (exact) mass is 204 g/mol. The summed E-state index contributed by atoms with van der Waals surface area (Å²) in [5.41, 5.74) is 4.88. The SMILES string of the molecule is C1#Cc2ccccc2/C=C\C2=C1C=CCC2. The lowest BCUT2D eigenvalue weighted by atomic mass is 9.94. The summed E-state index contributed by atoms with van der Waals surface area (Å²) in [5.74, 6) is 6.53. The molecule has 2 aliphatic rings. The molecule has 0 bridgehead atoms. The van der Waals surface area contributed by atoms with E-state index < -0.39 is 0 Å². The molecule has 0 radical (unpaired) electrons. The number of fused-ring (bicyclic) bond motifs is 1. The Morgan fingerprint density at radius 2 is 1.88 bits per heavy atom. The zero-order chi connectivity index (χ0) is 10.8. The van der Waals surface area contributed by atoms with Gasteiger partial charge < -0.3 is 0 Å². The molecule has 0 N–H and O–H groups in total. The highest BCUT2D eigenvalue weighted by Crippen LogP contribution is 2.23. The first-order chi connectivity index (χ1) is 7.93. The molecule has 0 aromatic heterocycles. The van der Waals surface area contributed by atoms with Crippen LogP contribution in [-0.4, -0.2) is 0 Å². The second-order valence-electron chi connectivity index (χ2n) is 4.05. The van der Waals surface area contributed by atoms with Crippen LogP contribution in [-0.2, 0) is 0 Å². The minimum atomic E-state index is 1.11. The minimum absolute atomic E-state index is 1.11. The fraction of sp³-hybridized carbons (Fsp3) is 0.125. The number of allylic oxidation sites excluding steroid dienone is 5. The molecule has 3 rings (SSSR count). The molecule has 0 unspecified atom stereocenters. The van der Waals surface area contributed by atoms with E-state index in [0.717, 1.165) is 18.4 Å². The number of hydrogen-bond acceptors (Lipinski definition) is 0. The molecule has 0 nitrogen and oxygen atoms in total. The number of benzene rings is 1. The van der Waals surface area contributed by atoms with E-state index in [9.17, 15) is 0 Å². The highest BCUT2D eigenvalue weighted by molar-refractivity contribution is 5.66. The fourth-order valence-electron chi connectivity index (χ4n) is 2.06. The van der Waals surface area contributed by atoms with Crippen LogP contribution in [0.4, 0.5) is 0 Å². The average Bonchev–Trinajstić information content (AvgIpc) is 2.32. The van der Waals surface area contributed by atoms with Gasteiger partial charge in [0.05, 0.1) is 0 Å². The molecule has 0 spiro atoms. The zero-order valence-corrected chi connectivity index (χ0v) is 9.03. The van der Waals surface area contributed by atoms with Crippen LogP contribution >= 0.6 is 0 Å². The summed E-state index contributed by atoms with van der Waals surface area (Å²) < 4.78 is 0. The van der Waals surface area contributed by atoms with Crippen molar-refractivity contribution in [3.05, 3.63) is 64.8 Å². The molecular formula is C16H12. The van der Waals surface area contributed by atoms with Crippen LogP contribution in [0.2, 0.25) is 0 Å². The van der Waals surface area contributed by atoms with Crippen molar-refractivity contribution in [3.63, 3.8) is 0 Å². The van der Waals surface area contributed by atoms with Gasteiger partial charge in [-0.15, -0.1) is 0 Å². The predicted molar refractivity (Wildman–Crippen MR) is 67.8 cm³/mol. The molecule has 0 heteroatoms. The van der Waals surface area contributed by atoms with E-state index in [-0.39, 0.29) is 0 Å². The third kappa shape index (κ3) is 1.61. The van der Waals surface area contributed by atoms with Gasteiger partial charge in [0, 0.05) is 11.1 Å². The predicted octanol–water partition coefficient (Wildman–Crippen LogP) is 3.71. The average molecular weight is 204 g/mol. The van der Waals surface area contributed by atoms with Gasteiger partial charge in [0.15, 0.2) is 0 Å². The molecule has 0 atom stereocenters. The lowest BCUT2D eigenvalue weighted by molar-refractivity contribution is 0.982. The van der Waals surface area contributed by atoms with Gasteiger partial charge in [0.2, 0.25) is 0 Å². The van der Waals surface area contributed by atoms with E-state index in [2.05, 4.69) is 54.3 Å². The van der Waals surface area contributed by atoms with Crippen molar-refractivity contribution in [3.8, 4) is 11.8 Å². The topological polar surface area (TPSA) is 0 Å². The minimum Gasteiger partial charge on any atom is -0.0830 e. The Kier molecular flexibility index (Phi) is 2.23. The Hall–Kier alpha value is -2.00. The summed E-state index contributed by atoms with van der Waals surface area (Å²) in [5, 5.41) is 0. The van der Waals surface area contributed by atoms with Crippen LogP contribution in [0.25, 0.3) is 6.08 Å². The maximum Gasteiger partial charge on any atom is 0.0321 e. The molecule has 0 saturated heterocycles. The zero-order valence-electron chi connectivity index (χ0n) is 9.03. The molecule has 76 valence electrons. The van der Waals surface area contributed by atoms with Crippen molar-refractivity contribution >= 4 is 6.08 Å². The van der Waals surface area contributed by atoms with Crippen molar-refractivity contribution in [2.75, 3.05) is 0 Å². The van der Waals surface area contributed by atoms with Crippen molar-refractivity contribution in [1.82, 2.24) is 0 Å². The third-order valence-electron chi connectivity index (χ3n) is 2.97. The van der Waals surface area contributed by atoms with Gasteiger partial charge >= 0.3 is 0 Å². The number of hydrogen-bond donors (Lipinski definition) is 0. The lowest BCUT2D eigenvalue weighted by Crippen LogP contribution is -1.93. The highest BCUT2D eigenvalue weighted by Gasteiger charge is 2.06. The summed E-state index contributed by atoms with van der Waals surface area (Å²) in [4.78, 5) is 0. The summed E-state index contributed by atoms with van der Waals surface area (Å²) >= 11 is 0. The van der Waals surface area contributed by atoms with Crippen LogP contribution in [0, 0.1) is 11.8 Å².